The molecule has 0 aromatic heterocycles. The number of rotatable bonds is 14. The maximum atomic E-state index is 14.3. The molecule has 9 heteroatoms. The molecule has 3 aromatic rings. The van der Waals surface area contributed by atoms with E-state index in [2.05, 4.69) is 57.0 Å². The molecule has 2 bridgehead atoms. The zero-order valence-electron chi connectivity index (χ0n) is 33.8. The minimum Gasteiger partial charge on any atom is -0.496 e. The number of aliphatic hydroxyl groups is 1. The number of hydroxylamine groups is 2. The smallest absolute Gasteiger partial charge is 0.253 e. The summed E-state index contributed by atoms with van der Waals surface area (Å²) in [6, 6.07) is 23.6. The van der Waals surface area contributed by atoms with Crippen LogP contribution in [0.4, 0.5) is 0 Å². The van der Waals surface area contributed by atoms with E-state index in [9.17, 15) is 14.7 Å². The Kier molecular flexibility index (Phi) is 12.2. The average molecular weight is 739 g/mol. The van der Waals surface area contributed by atoms with Crippen molar-refractivity contribution in [3.05, 3.63) is 89.5 Å². The molecule has 2 N–H and O–H groups in total. The standard InChI is InChI=1S/C45H62N4O5/c1-28(2)40-39(27-50)54-49(41(40)43(51)46-38-24-34-23-37(29(38)3)45(34,4)5)25-33-16-13-17-36(42(33)53-9)31-18-20-32(21-19-31)44(52)48(8)35(26-47(6)7)22-30-14-11-10-12-15-30/h10-21,28-29,34-35,37-41,50H,22-27H2,1-9H3,(H,46,51)/t29-,34+,35-,37+,38-,39-,40+,41-/m0/s1. The van der Waals surface area contributed by atoms with E-state index in [1.54, 1.807) is 12.2 Å². The van der Waals surface area contributed by atoms with Gasteiger partial charge in [-0.05, 0) is 85.7 Å². The van der Waals surface area contributed by atoms with Gasteiger partial charge in [0.15, 0.2) is 0 Å². The normalized spacial score (nSPS) is 26.7. The molecule has 3 aliphatic carbocycles. The number of benzene rings is 3. The Morgan fingerprint density at radius 2 is 1.70 bits per heavy atom. The summed E-state index contributed by atoms with van der Waals surface area (Å²) in [5.74, 6) is 2.21. The highest BCUT2D eigenvalue weighted by atomic mass is 16.7. The molecule has 3 aromatic carbocycles. The maximum Gasteiger partial charge on any atom is 0.253 e. The topological polar surface area (TPSA) is 94.6 Å². The van der Waals surface area contributed by atoms with Crippen LogP contribution in [0.5, 0.6) is 5.75 Å². The number of methoxy groups -OCH3 is 1. The van der Waals surface area contributed by atoms with Crippen molar-refractivity contribution < 1.29 is 24.3 Å². The molecular weight excluding hydrogens is 677 g/mol. The van der Waals surface area contributed by atoms with Gasteiger partial charge in [-0.2, -0.15) is 5.06 Å². The van der Waals surface area contributed by atoms with E-state index < -0.39 is 12.1 Å². The van der Waals surface area contributed by atoms with Gasteiger partial charge in [-0.15, -0.1) is 0 Å². The molecule has 4 fully saturated rings. The first-order valence-electron chi connectivity index (χ1n) is 19.8. The first-order chi connectivity index (χ1) is 25.7. The molecule has 3 saturated carbocycles. The number of nitrogens with one attached hydrogen (secondary N) is 1. The van der Waals surface area contributed by atoms with Crippen LogP contribution in [0.25, 0.3) is 11.1 Å². The van der Waals surface area contributed by atoms with Crippen molar-refractivity contribution in [1.82, 2.24) is 20.2 Å². The van der Waals surface area contributed by atoms with Crippen LogP contribution in [0.3, 0.4) is 0 Å². The number of amides is 2. The zero-order chi connectivity index (χ0) is 38.9. The Labute approximate surface area is 323 Å². The minimum absolute atomic E-state index is 0.00890. The van der Waals surface area contributed by atoms with Crippen LogP contribution in [0.1, 0.15) is 68.9 Å². The molecule has 1 aliphatic heterocycles. The Morgan fingerprint density at radius 3 is 2.30 bits per heavy atom. The molecule has 8 atom stereocenters. The quantitative estimate of drug-likeness (QED) is 0.194. The third kappa shape index (κ3) is 7.97. The SMILES string of the molecule is COc1c(CN2O[C@@H](CO)[C@@H](C(C)C)[C@H]2C(=O)N[C@H]2C[C@H]3C[C@H]([C@@H]2C)C3(C)C)cccc1-c1ccc(C(=O)N(C)[C@@H](Cc2ccccc2)CN(C)C)cc1. The van der Waals surface area contributed by atoms with E-state index in [-0.39, 0.29) is 42.3 Å². The number of fused-ring (bicyclic) bond motifs is 2. The molecule has 292 valence electrons. The fourth-order valence-electron chi connectivity index (χ4n) is 9.84. The lowest BCUT2D eigenvalue weighted by Gasteiger charge is -2.62. The van der Waals surface area contributed by atoms with Crippen molar-refractivity contribution in [1.29, 1.82) is 0 Å². The lowest BCUT2D eigenvalue weighted by atomic mass is 9.45. The Bertz CT molecular complexity index is 1740. The molecule has 1 saturated heterocycles. The molecule has 2 amide bonds. The number of carbonyl (C=O) groups excluding carboxylic acids is 2. The van der Waals surface area contributed by atoms with E-state index in [0.717, 1.165) is 36.1 Å². The van der Waals surface area contributed by atoms with Gasteiger partial charge in [-0.3, -0.25) is 14.4 Å². The number of nitrogens with zero attached hydrogens (tertiary/aromatic N) is 3. The van der Waals surface area contributed by atoms with Crippen molar-refractivity contribution in [2.45, 2.75) is 84.7 Å². The van der Waals surface area contributed by atoms with Crippen molar-refractivity contribution in [2.75, 3.05) is 41.4 Å². The molecule has 4 aliphatic rings. The van der Waals surface area contributed by atoms with E-state index in [0.29, 0.717) is 41.0 Å². The summed E-state index contributed by atoms with van der Waals surface area (Å²) < 4.78 is 6.07. The molecule has 1 heterocycles. The van der Waals surface area contributed by atoms with Crippen molar-refractivity contribution in [3.63, 3.8) is 0 Å². The number of carbonyl (C=O) groups is 2. The van der Waals surface area contributed by atoms with Crippen LogP contribution in [0, 0.1) is 35.0 Å². The summed E-state index contributed by atoms with van der Waals surface area (Å²) in [7, 11) is 7.61. The Hall–Kier alpha value is -3.76. The number of hydrogen-bond acceptors (Lipinski definition) is 7. The fraction of sp³-hybridized carbons (Fsp3) is 0.556. The number of hydrogen-bond donors (Lipinski definition) is 2. The summed E-state index contributed by atoms with van der Waals surface area (Å²) in [4.78, 5) is 38.5. The predicted molar refractivity (Wildman–Crippen MR) is 214 cm³/mol. The van der Waals surface area contributed by atoms with E-state index in [4.69, 9.17) is 9.57 Å². The second-order valence-corrected chi connectivity index (χ2v) is 17.3. The lowest BCUT2D eigenvalue weighted by Crippen LogP contribution is -2.62. The third-order valence-corrected chi connectivity index (χ3v) is 13.1. The Morgan fingerprint density at radius 1 is 1.00 bits per heavy atom. The molecule has 9 nitrogen and oxygen atoms in total. The van der Waals surface area contributed by atoms with Gasteiger partial charge in [-0.25, -0.2) is 0 Å². The highest BCUT2D eigenvalue weighted by molar-refractivity contribution is 5.95. The molecule has 7 rings (SSSR count). The zero-order valence-corrected chi connectivity index (χ0v) is 33.8. The molecule has 54 heavy (non-hydrogen) atoms. The summed E-state index contributed by atoms with van der Waals surface area (Å²) in [5, 5.41) is 15.7. The third-order valence-electron chi connectivity index (χ3n) is 13.1. The number of likely N-dealkylation sites (N-methyl/N-ethyl adjacent to an activating group) is 2. The molecule has 0 spiro atoms. The Balaban J connectivity index is 1.21. The van der Waals surface area contributed by atoms with Gasteiger partial charge in [-0.1, -0.05) is 95.3 Å². The van der Waals surface area contributed by atoms with Gasteiger partial charge in [0.05, 0.1) is 20.3 Å². The number of aliphatic hydroxyl groups excluding tert-OH is 1. The van der Waals surface area contributed by atoms with Crippen molar-refractivity contribution in [3.8, 4) is 16.9 Å². The number of ether oxygens (including phenoxy) is 1. The minimum atomic E-state index is -0.561. The monoisotopic (exact) mass is 738 g/mol. The fourth-order valence-corrected chi connectivity index (χ4v) is 9.84. The van der Waals surface area contributed by atoms with Gasteiger partial charge in [0.25, 0.3) is 5.91 Å². The first-order valence-corrected chi connectivity index (χ1v) is 19.8. The molecular formula is C45H62N4O5. The summed E-state index contributed by atoms with van der Waals surface area (Å²) in [5.41, 5.74) is 4.82. The summed E-state index contributed by atoms with van der Waals surface area (Å²) in [6.45, 7) is 12.1. The second-order valence-electron chi connectivity index (χ2n) is 17.3. The van der Waals surface area contributed by atoms with Crippen molar-refractivity contribution >= 4 is 11.8 Å². The maximum absolute atomic E-state index is 14.3. The molecule has 0 unspecified atom stereocenters. The van der Waals surface area contributed by atoms with E-state index in [1.807, 2.05) is 86.7 Å². The van der Waals surface area contributed by atoms with Gasteiger partial charge in [0.2, 0.25) is 5.91 Å². The van der Waals surface area contributed by atoms with Crippen LogP contribution in [-0.2, 0) is 22.6 Å². The first kappa shape index (κ1) is 39.9. The van der Waals surface area contributed by atoms with E-state index in [1.165, 1.54) is 12.0 Å². The van der Waals surface area contributed by atoms with Crippen LogP contribution >= 0.6 is 0 Å². The number of para-hydroxylation sites is 1. The average Bonchev–Trinajstić information content (AvgIpc) is 3.53. The molecule has 0 radical (unpaired) electrons. The summed E-state index contributed by atoms with van der Waals surface area (Å²) in [6.07, 6.45) is 2.53. The summed E-state index contributed by atoms with van der Waals surface area (Å²) >= 11 is 0. The highest BCUT2D eigenvalue weighted by Crippen LogP contribution is 2.61. The van der Waals surface area contributed by atoms with Gasteiger partial charge >= 0.3 is 0 Å². The van der Waals surface area contributed by atoms with Crippen molar-refractivity contribution in [2.24, 2.45) is 35.0 Å². The largest absolute Gasteiger partial charge is 0.496 e. The predicted octanol–water partition coefficient (Wildman–Crippen LogP) is 6.54. The highest BCUT2D eigenvalue weighted by Gasteiger charge is 2.57. The van der Waals surface area contributed by atoms with Crippen LogP contribution in [0.15, 0.2) is 72.8 Å². The van der Waals surface area contributed by atoms with E-state index >= 15 is 0 Å². The van der Waals surface area contributed by atoms with Crippen LogP contribution in [-0.4, -0.2) is 97.4 Å². The van der Waals surface area contributed by atoms with Gasteiger partial charge < -0.3 is 25.0 Å². The van der Waals surface area contributed by atoms with Gasteiger partial charge in [0, 0.05) is 48.3 Å². The van der Waals surface area contributed by atoms with Crippen LogP contribution in [0.2, 0.25) is 0 Å². The lowest BCUT2D eigenvalue weighted by molar-refractivity contribution is -0.183. The van der Waals surface area contributed by atoms with Crippen LogP contribution < -0.4 is 10.1 Å². The second kappa shape index (κ2) is 16.5. The van der Waals surface area contributed by atoms with Gasteiger partial charge in [0.1, 0.15) is 17.9 Å².